The van der Waals surface area contributed by atoms with Crippen molar-refractivity contribution < 1.29 is 14.6 Å². The van der Waals surface area contributed by atoms with Gasteiger partial charge in [-0.1, -0.05) is 13.8 Å². The van der Waals surface area contributed by atoms with Crippen LogP contribution >= 0.6 is 0 Å². The molecule has 80 valence electrons. The van der Waals surface area contributed by atoms with Crippen molar-refractivity contribution in [3.8, 4) is 0 Å². The van der Waals surface area contributed by atoms with E-state index in [2.05, 4.69) is 13.8 Å². The van der Waals surface area contributed by atoms with Crippen molar-refractivity contribution in [2.24, 2.45) is 5.41 Å². The highest BCUT2D eigenvalue weighted by atomic mass is 16.5. The van der Waals surface area contributed by atoms with Gasteiger partial charge in [0.2, 0.25) is 0 Å². The highest BCUT2D eigenvalue weighted by Gasteiger charge is 2.15. The lowest BCUT2D eigenvalue weighted by Crippen LogP contribution is -2.17. The Labute approximate surface area is 81.0 Å². The van der Waals surface area contributed by atoms with Gasteiger partial charge in [0.15, 0.2) is 0 Å². The average molecular weight is 190 g/mol. The van der Waals surface area contributed by atoms with E-state index in [0.29, 0.717) is 13.2 Å². The molecule has 0 atom stereocenters. The molecule has 0 aliphatic rings. The molecular formula is C10H22O3. The summed E-state index contributed by atoms with van der Waals surface area (Å²) in [6, 6.07) is 0. The summed E-state index contributed by atoms with van der Waals surface area (Å²) in [6.45, 7) is 6.43. The van der Waals surface area contributed by atoms with Crippen LogP contribution in [0.5, 0.6) is 0 Å². The van der Waals surface area contributed by atoms with Gasteiger partial charge >= 0.3 is 0 Å². The zero-order chi connectivity index (χ0) is 10.2. The van der Waals surface area contributed by atoms with Crippen molar-refractivity contribution in [1.29, 1.82) is 0 Å². The molecule has 0 rings (SSSR count). The molecule has 0 saturated carbocycles. The van der Waals surface area contributed by atoms with Crippen LogP contribution in [0, 0.1) is 5.41 Å². The first-order chi connectivity index (χ1) is 6.12. The van der Waals surface area contributed by atoms with E-state index in [1.165, 1.54) is 0 Å². The standard InChI is InChI=1S/C10H22O3/c1-10(2,9-11)5-4-6-13-8-7-12-3/h11H,4-9H2,1-3H3. The maximum absolute atomic E-state index is 8.97. The first-order valence-corrected chi connectivity index (χ1v) is 4.80. The molecule has 3 nitrogen and oxygen atoms in total. The van der Waals surface area contributed by atoms with Crippen LogP contribution in [0.4, 0.5) is 0 Å². The van der Waals surface area contributed by atoms with Crippen LogP contribution in [0.2, 0.25) is 0 Å². The van der Waals surface area contributed by atoms with E-state index >= 15 is 0 Å². The number of ether oxygens (including phenoxy) is 2. The van der Waals surface area contributed by atoms with Gasteiger partial charge in [0.1, 0.15) is 0 Å². The largest absolute Gasteiger partial charge is 0.396 e. The Morgan fingerprint density at radius 2 is 1.85 bits per heavy atom. The Morgan fingerprint density at radius 3 is 2.38 bits per heavy atom. The Balaban J connectivity index is 3.16. The topological polar surface area (TPSA) is 38.7 Å². The molecule has 0 saturated heterocycles. The molecule has 3 heteroatoms. The predicted molar refractivity (Wildman–Crippen MR) is 52.8 cm³/mol. The van der Waals surface area contributed by atoms with Gasteiger partial charge in [-0.2, -0.15) is 0 Å². The fourth-order valence-corrected chi connectivity index (χ4v) is 0.976. The highest BCUT2D eigenvalue weighted by molar-refractivity contribution is 4.66. The lowest BCUT2D eigenvalue weighted by atomic mass is 9.89. The monoisotopic (exact) mass is 190 g/mol. The molecule has 0 unspecified atom stereocenters. The second-order valence-corrected chi connectivity index (χ2v) is 4.03. The molecule has 0 aromatic carbocycles. The molecule has 1 N–H and O–H groups in total. The molecule has 0 bridgehead atoms. The summed E-state index contributed by atoms with van der Waals surface area (Å²) in [5.41, 5.74) is 0.0324. The molecule has 0 spiro atoms. The van der Waals surface area contributed by atoms with Gasteiger partial charge < -0.3 is 14.6 Å². The Morgan fingerprint density at radius 1 is 1.15 bits per heavy atom. The van der Waals surface area contributed by atoms with Crippen LogP contribution in [-0.2, 0) is 9.47 Å². The van der Waals surface area contributed by atoms with Crippen LogP contribution in [0.25, 0.3) is 0 Å². The molecule has 13 heavy (non-hydrogen) atoms. The number of methoxy groups -OCH3 is 1. The fourth-order valence-electron chi connectivity index (χ4n) is 0.976. The molecule has 0 amide bonds. The summed E-state index contributed by atoms with van der Waals surface area (Å²) in [7, 11) is 1.66. The van der Waals surface area contributed by atoms with Crippen molar-refractivity contribution in [2.75, 3.05) is 33.5 Å². The van der Waals surface area contributed by atoms with E-state index in [1.54, 1.807) is 7.11 Å². The lowest BCUT2D eigenvalue weighted by molar-refractivity contribution is 0.0604. The molecule has 0 fully saturated rings. The van der Waals surface area contributed by atoms with Gasteiger partial charge in [-0.15, -0.1) is 0 Å². The highest BCUT2D eigenvalue weighted by Crippen LogP contribution is 2.20. The van der Waals surface area contributed by atoms with E-state index in [9.17, 15) is 0 Å². The SMILES string of the molecule is COCCOCCCC(C)(C)CO. The number of hydrogen-bond donors (Lipinski definition) is 1. The Hall–Kier alpha value is -0.120. The lowest BCUT2D eigenvalue weighted by Gasteiger charge is -2.20. The van der Waals surface area contributed by atoms with Crippen LogP contribution in [0.15, 0.2) is 0 Å². The molecule has 0 aliphatic carbocycles. The van der Waals surface area contributed by atoms with Gasteiger partial charge in [-0.25, -0.2) is 0 Å². The summed E-state index contributed by atoms with van der Waals surface area (Å²) in [5, 5.41) is 8.97. The van der Waals surface area contributed by atoms with Crippen LogP contribution in [0.3, 0.4) is 0 Å². The summed E-state index contributed by atoms with van der Waals surface area (Å²) in [6.07, 6.45) is 1.99. The van der Waals surface area contributed by atoms with Crippen LogP contribution in [-0.4, -0.2) is 38.6 Å². The third kappa shape index (κ3) is 8.22. The average Bonchev–Trinajstić information content (AvgIpc) is 2.11. The van der Waals surface area contributed by atoms with E-state index in [4.69, 9.17) is 14.6 Å². The minimum absolute atomic E-state index is 0.0324. The molecule has 0 aromatic rings. The van der Waals surface area contributed by atoms with Crippen molar-refractivity contribution >= 4 is 0 Å². The summed E-state index contributed by atoms with van der Waals surface area (Å²) < 4.78 is 10.2. The number of rotatable bonds is 8. The maximum Gasteiger partial charge on any atom is 0.0700 e. The summed E-state index contributed by atoms with van der Waals surface area (Å²) in [5.74, 6) is 0. The fraction of sp³-hybridized carbons (Fsp3) is 1.00. The van der Waals surface area contributed by atoms with Gasteiger partial charge in [-0.3, -0.25) is 0 Å². The molecule has 0 radical (unpaired) electrons. The van der Waals surface area contributed by atoms with Gasteiger partial charge in [-0.05, 0) is 18.3 Å². The third-order valence-electron chi connectivity index (χ3n) is 2.00. The maximum atomic E-state index is 8.97. The van der Waals surface area contributed by atoms with E-state index in [1.807, 2.05) is 0 Å². The minimum atomic E-state index is 0.0324. The van der Waals surface area contributed by atoms with Crippen LogP contribution in [0.1, 0.15) is 26.7 Å². The van der Waals surface area contributed by atoms with Crippen molar-refractivity contribution in [3.63, 3.8) is 0 Å². The Bertz CT molecular complexity index is 113. The van der Waals surface area contributed by atoms with Crippen LogP contribution < -0.4 is 0 Å². The first-order valence-electron chi connectivity index (χ1n) is 4.80. The number of hydrogen-bond acceptors (Lipinski definition) is 3. The normalized spacial score (nSPS) is 12.0. The molecule has 0 heterocycles. The summed E-state index contributed by atoms with van der Waals surface area (Å²) in [4.78, 5) is 0. The molecule has 0 aliphatic heterocycles. The predicted octanol–water partition coefficient (Wildman–Crippen LogP) is 1.45. The molecular weight excluding hydrogens is 168 g/mol. The zero-order valence-corrected chi connectivity index (χ0v) is 9.01. The van der Waals surface area contributed by atoms with Gasteiger partial charge in [0.05, 0.1) is 13.2 Å². The van der Waals surface area contributed by atoms with E-state index < -0.39 is 0 Å². The van der Waals surface area contributed by atoms with Crippen molar-refractivity contribution in [3.05, 3.63) is 0 Å². The Kier molecular flexibility index (Phi) is 7.23. The second kappa shape index (κ2) is 7.30. The quantitative estimate of drug-likeness (QED) is 0.589. The number of aliphatic hydroxyl groups is 1. The van der Waals surface area contributed by atoms with Gasteiger partial charge in [0.25, 0.3) is 0 Å². The van der Waals surface area contributed by atoms with E-state index in [0.717, 1.165) is 19.4 Å². The van der Waals surface area contributed by atoms with E-state index in [-0.39, 0.29) is 12.0 Å². The minimum Gasteiger partial charge on any atom is -0.396 e. The van der Waals surface area contributed by atoms with Gasteiger partial charge in [0, 0.05) is 20.3 Å². The summed E-state index contributed by atoms with van der Waals surface area (Å²) >= 11 is 0. The third-order valence-corrected chi connectivity index (χ3v) is 2.00. The van der Waals surface area contributed by atoms with Crippen molar-refractivity contribution in [1.82, 2.24) is 0 Å². The molecule has 0 aromatic heterocycles. The second-order valence-electron chi connectivity index (χ2n) is 4.03. The smallest absolute Gasteiger partial charge is 0.0700 e. The number of aliphatic hydroxyl groups excluding tert-OH is 1. The zero-order valence-electron chi connectivity index (χ0n) is 9.01. The first kappa shape index (κ1) is 12.9. The van der Waals surface area contributed by atoms with Crippen molar-refractivity contribution in [2.45, 2.75) is 26.7 Å².